The van der Waals surface area contributed by atoms with Gasteiger partial charge in [0.1, 0.15) is 0 Å². The summed E-state index contributed by atoms with van der Waals surface area (Å²) in [7, 11) is 1.65. The topological polar surface area (TPSA) is 63.7 Å². The predicted molar refractivity (Wildman–Crippen MR) is 119 cm³/mol. The normalized spacial score (nSPS) is 18.5. The summed E-state index contributed by atoms with van der Waals surface area (Å²) in [6.07, 6.45) is 6.58. The lowest BCUT2D eigenvalue weighted by Crippen LogP contribution is -2.37. The third-order valence-corrected chi connectivity index (χ3v) is 6.86. The van der Waals surface area contributed by atoms with Crippen molar-refractivity contribution in [2.24, 2.45) is 5.92 Å². The number of aryl methyl sites for hydroxylation is 1. The number of hydrogen-bond acceptors (Lipinski definition) is 6. The van der Waals surface area contributed by atoms with Crippen LogP contribution in [0.5, 0.6) is 11.5 Å². The van der Waals surface area contributed by atoms with Crippen molar-refractivity contribution in [3.8, 4) is 11.5 Å². The number of benzene rings is 1. The van der Waals surface area contributed by atoms with E-state index >= 15 is 0 Å². The molecular formula is C23H31N3O3S. The zero-order valence-electron chi connectivity index (χ0n) is 17.9. The summed E-state index contributed by atoms with van der Waals surface area (Å²) in [6, 6.07) is 5.66. The van der Waals surface area contributed by atoms with Crippen LogP contribution in [0.3, 0.4) is 0 Å². The molecule has 0 spiro atoms. The molecule has 1 aromatic carbocycles. The number of carbonyl (C=O) groups is 1. The van der Waals surface area contributed by atoms with Crippen molar-refractivity contribution in [2.75, 3.05) is 25.5 Å². The van der Waals surface area contributed by atoms with E-state index in [1.807, 2.05) is 25.1 Å². The largest absolute Gasteiger partial charge is 0.493 e. The van der Waals surface area contributed by atoms with Gasteiger partial charge in [0.25, 0.3) is 0 Å². The van der Waals surface area contributed by atoms with E-state index < -0.39 is 0 Å². The number of nitrogens with zero attached hydrogens (tertiary/aromatic N) is 2. The van der Waals surface area contributed by atoms with Crippen LogP contribution in [-0.4, -0.2) is 42.1 Å². The highest BCUT2D eigenvalue weighted by Gasteiger charge is 2.26. The number of anilines is 1. The SMILES string of the molecule is COc1ccc(NC(=O)C2CCN(Cc3csc(C)n3)CC2)cc1OC1CCCC1. The zero-order valence-corrected chi connectivity index (χ0v) is 18.7. The molecule has 162 valence electrons. The van der Waals surface area contributed by atoms with Crippen LogP contribution in [0, 0.1) is 12.8 Å². The van der Waals surface area contributed by atoms with E-state index in [0.717, 1.165) is 67.5 Å². The van der Waals surface area contributed by atoms with E-state index in [1.54, 1.807) is 18.4 Å². The summed E-state index contributed by atoms with van der Waals surface area (Å²) >= 11 is 1.69. The molecule has 0 bridgehead atoms. The van der Waals surface area contributed by atoms with Crippen LogP contribution in [0.1, 0.15) is 49.2 Å². The summed E-state index contributed by atoms with van der Waals surface area (Å²) in [5, 5.41) is 6.33. The second kappa shape index (κ2) is 9.79. The first-order valence-corrected chi connectivity index (χ1v) is 11.8. The first kappa shape index (κ1) is 21.1. The Morgan fingerprint density at radius 2 is 1.97 bits per heavy atom. The Morgan fingerprint density at radius 3 is 2.63 bits per heavy atom. The van der Waals surface area contributed by atoms with Crippen LogP contribution in [0.25, 0.3) is 0 Å². The van der Waals surface area contributed by atoms with Gasteiger partial charge in [-0.1, -0.05) is 0 Å². The molecule has 2 aliphatic rings. The number of piperidine rings is 1. The molecule has 1 amide bonds. The number of methoxy groups -OCH3 is 1. The Kier molecular flexibility index (Phi) is 6.89. The van der Waals surface area contributed by atoms with Crippen molar-refractivity contribution in [3.63, 3.8) is 0 Å². The molecule has 1 aliphatic heterocycles. The molecule has 30 heavy (non-hydrogen) atoms. The number of amides is 1. The number of aromatic nitrogens is 1. The number of ether oxygens (including phenoxy) is 2. The van der Waals surface area contributed by atoms with Gasteiger partial charge in [-0.05, 0) is 70.7 Å². The van der Waals surface area contributed by atoms with Crippen LogP contribution in [0.15, 0.2) is 23.6 Å². The predicted octanol–water partition coefficient (Wildman–Crippen LogP) is 4.63. The summed E-state index contributed by atoms with van der Waals surface area (Å²) in [6.45, 7) is 4.76. The third kappa shape index (κ3) is 5.32. The monoisotopic (exact) mass is 429 g/mol. The third-order valence-electron chi connectivity index (χ3n) is 6.04. The Labute approximate surface area is 182 Å². The van der Waals surface area contributed by atoms with Gasteiger partial charge in [-0.3, -0.25) is 9.69 Å². The fourth-order valence-electron chi connectivity index (χ4n) is 4.34. The molecule has 2 aromatic rings. The van der Waals surface area contributed by atoms with Crippen LogP contribution >= 0.6 is 11.3 Å². The molecule has 6 nitrogen and oxygen atoms in total. The van der Waals surface area contributed by atoms with Crippen molar-refractivity contribution >= 4 is 22.9 Å². The minimum Gasteiger partial charge on any atom is -0.493 e. The van der Waals surface area contributed by atoms with Gasteiger partial charge >= 0.3 is 0 Å². The number of likely N-dealkylation sites (tertiary alicyclic amines) is 1. The van der Waals surface area contributed by atoms with Crippen LogP contribution in [-0.2, 0) is 11.3 Å². The number of carbonyl (C=O) groups excluding carboxylic acids is 1. The lowest BCUT2D eigenvalue weighted by molar-refractivity contribution is -0.121. The summed E-state index contributed by atoms with van der Waals surface area (Å²) < 4.78 is 11.6. The van der Waals surface area contributed by atoms with Crippen molar-refractivity contribution in [1.29, 1.82) is 0 Å². The molecule has 0 unspecified atom stereocenters. The van der Waals surface area contributed by atoms with Crippen molar-refractivity contribution in [2.45, 2.75) is 58.1 Å². The van der Waals surface area contributed by atoms with Crippen LogP contribution < -0.4 is 14.8 Å². The molecule has 0 radical (unpaired) electrons. The van der Waals surface area contributed by atoms with Crippen molar-refractivity contribution < 1.29 is 14.3 Å². The standard InChI is InChI=1S/C23H31N3O3S/c1-16-24-19(15-30-16)14-26-11-9-17(10-12-26)23(27)25-18-7-8-21(28-2)22(13-18)29-20-5-3-4-6-20/h7-8,13,15,17,20H,3-6,9-12,14H2,1-2H3,(H,25,27). The lowest BCUT2D eigenvalue weighted by atomic mass is 9.95. The van der Waals surface area contributed by atoms with Gasteiger partial charge in [-0.15, -0.1) is 11.3 Å². The summed E-state index contributed by atoms with van der Waals surface area (Å²) in [4.78, 5) is 19.8. The number of thiazole rings is 1. The van der Waals surface area contributed by atoms with Crippen LogP contribution in [0.2, 0.25) is 0 Å². The molecule has 4 rings (SSSR count). The highest BCUT2D eigenvalue weighted by molar-refractivity contribution is 7.09. The molecule has 1 N–H and O–H groups in total. The molecule has 0 atom stereocenters. The molecule has 1 aromatic heterocycles. The maximum Gasteiger partial charge on any atom is 0.227 e. The fourth-order valence-corrected chi connectivity index (χ4v) is 4.94. The number of nitrogens with one attached hydrogen (secondary N) is 1. The van der Waals surface area contributed by atoms with Crippen molar-refractivity contribution in [1.82, 2.24) is 9.88 Å². The fraction of sp³-hybridized carbons (Fsp3) is 0.565. The number of hydrogen-bond donors (Lipinski definition) is 1. The second-order valence-electron chi connectivity index (χ2n) is 8.29. The maximum atomic E-state index is 12.8. The van der Waals surface area contributed by atoms with E-state index in [4.69, 9.17) is 9.47 Å². The Morgan fingerprint density at radius 1 is 1.20 bits per heavy atom. The first-order chi connectivity index (χ1) is 14.6. The average Bonchev–Trinajstić information content (AvgIpc) is 3.40. The second-order valence-corrected chi connectivity index (χ2v) is 9.35. The van der Waals surface area contributed by atoms with Gasteiger partial charge in [-0.25, -0.2) is 4.98 Å². The highest BCUT2D eigenvalue weighted by atomic mass is 32.1. The van der Waals surface area contributed by atoms with Crippen LogP contribution in [0.4, 0.5) is 5.69 Å². The minimum atomic E-state index is 0.0414. The summed E-state index contributed by atoms with van der Waals surface area (Å²) in [5.74, 6) is 1.57. The van der Waals surface area contributed by atoms with E-state index in [2.05, 4.69) is 20.6 Å². The molecule has 1 aliphatic carbocycles. The van der Waals surface area contributed by atoms with Gasteiger partial charge in [0.05, 0.1) is 23.9 Å². The zero-order chi connectivity index (χ0) is 20.9. The Balaban J connectivity index is 1.31. The molecule has 1 saturated heterocycles. The molecular weight excluding hydrogens is 398 g/mol. The number of rotatable bonds is 7. The minimum absolute atomic E-state index is 0.0414. The summed E-state index contributed by atoms with van der Waals surface area (Å²) in [5.41, 5.74) is 1.91. The highest BCUT2D eigenvalue weighted by Crippen LogP contribution is 2.34. The van der Waals surface area contributed by atoms with Gasteiger partial charge < -0.3 is 14.8 Å². The molecule has 1 saturated carbocycles. The van der Waals surface area contributed by atoms with E-state index in [1.165, 1.54) is 12.8 Å². The van der Waals surface area contributed by atoms with Gasteiger partial charge in [0.2, 0.25) is 5.91 Å². The maximum absolute atomic E-state index is 12.8. The van der Waals surface area contributed by atoms with E-state index in [-0.39, 0.29) is 17.9 Å². The molecule has 7 heteroatoms. The lowest BCUT2D eigenvalue weighted by Gasteiger charge is -2.30. The van der Waals surface area contributed by atoms with Gasteiger partial charge in [0.15, 0.2) is 11.5 Å². The van der Waals surface area contributed by atoms with Gasteiger partial charge in [-0.2, -0.15) is 0 Å². The van der Waals surface area contributed by atoms with E-state index in [9.17, 15) is 4.79 Å². The average molecular weight is 430 g/mol. The molecule has 2 fully saturated rings. The van der Waals surface area contributed by atoms with E-state index in [0.29, 0.717) is 5.75 Å². The first-order valence-electron chi connectivity index (χ1n) is 10.9. The van der Waals surface area contributed by atoms with Crippen molar-refractivity contribution in [3.05, 3.63) is 34.3 Å². The molecule has 2 heterocycles. The smallest absolute Gasteiger partial charge is 0.227 e. The quantitative estimate of drug-likeness (QED) is 0.695. The Hall–Kier alpha value is -2.12. The Bertz CT molecular complexity index is 855. The van der Waals surface area contributed by atoms with Gasteiger partial charge in [0, 0.05) is 29.6 Å².